The van der Waals surface area contributed by atoms with Crippen molar-refractivity contribution in [1.29, 1.82) is 0 Å². The Kier molecular flexibility index (Phi) is 8.19. The van der Waals surface area contributed by atoms with Crippen LogP contribution in [0, 0.1) is 5.92 Å². The van der Waals surface area contributed by atoms with Gasteiger partial charge in [0.05, 0.1) is 25.6 Å². The van der Waals surface area contributed by atoms with Crippen molar-refractivity contribution in [3.63, 3.8) is 0 Å². The van der Waals surface area contributed by atoms with E-state index in [-0.39, 0.29) is 19.6 Å². The highest BCUT2D eigenvalue weighted by Gasteiger charge is 2.27. The van der Waals surface area contributed by atoms with E-state index in [0.717, 1.165) is 5.56 Å². The largest absolute Gasteiger partial charge is 0.461 e. The lowest BCUT2D eigenvalue weighted by molar-refractivity contribution is -0.163. The van der Waals surface area contributed by atoms with Crippen LogP contribution >= 0.6 is 0 Å². The number of hydrogen-bond donors (Lipinski definition) is 0. The third-order valence-corrected chi connectivity index (χ3v) is 2.95. The van der Waals surface area contributed by atoms with E-state index in [1.54, 1.807) is 26.8 Å². The third kappa shape index (κ3) is 8.48. The summed E-state index contributed by atoms with van der Waals surface area (Å²) < 4.78 is 15.9. The molecule has 0 amide bonds. The van der Waals surface area contributed by atoms with Crippen molar-refractivity contribution in [3.05, 3.63) is 48.6 Å². The summed E-state index contributed by atoms with van der Waals surface area (Å²) in [6.07, 6.45) is 1.50. The van der Waals surface area contributed by atoms with Crippen LogP contribution in [0.15, 0.2) is 43.0 Å². The normalized spacial score (nSPS) is 12.3. The molecule has 0 aliphatic rings. The minimum atomic E-state index is -0.705. The van der Waals surface area contributed by atoms with E-state index >= 15 is 0 Å². The summed E-state index contributed by atoms with van der Waals surface area (Å²) in [5, 5.41) is 0. The van der Waals surface area contributed by atoms with Crippen molar-refractivity contribution < 1.29 is 23.8 Å². The van der Waals surface area contributed by atoms with Crippen LogP contribution in [0.5, 0.6) is 0 Å². The number of carbonyl (C=O) groups excluding carboxylic acids is 2. The van der Waals surface area contributed by atoms with Crippen LogP contribution in [0.2, 0.25) is 0 Å². The van der Waals surface area contributed by atoms with Crippen LogP contribution in [0.25, 0.3) is 0 Å². The highest BCUT2D eigenvalue weighted by molar-refractivity contribution is 5.80. The predicted molar refractivity (Wildman–Crippen MR) is 91.2 cm³/mol. The lowest BCUT2D eigenvalue weighted by Gasteiger charge is -2.21. The molecule has 0 unspecified atom stereocenters. The molecule has 5 nitrogen and oxygen atoms in total. The summed E-state index contributed by atoms with van der Waals surface area (Å²) >= 11 is 0. The fraction of sp³-hybridized carbons (Fsp3) is 0.474. The van der Waals surface area contributed by atoms with Crippen molar-refractivity contribution in [1.82, 2.24) is 0 Å². The van der Waals surface area contributed by atoms with Crippen LogP contribution in [0.3, 0.4) is 0 Å². The molecule has 0 bridgehead atoms. The number of benzene rings is 1. The molecular weight excluding hydrogens is 308 g/mol. The molecule has 1 rings (SSSR count). The number of ether oxygens (including phenoxy) is 3. The number of rotatable bonds is 9. The lowest BCUT2D eigenvalue weighted by atomic mass is 10.1. The average molecular weight is 334 g/mol. The van der Waals surface area contributed by atoms with Gasteiger partial charge in [0, 0.05) is 0 Å². The van der Waals surface area contributed by atoms with Gasteiger partial charge < -0.3 is 14.2 Å². The van der Waals surface area contributed by atoms with Crippen LogP contribution in [-0.2, 0) is 30.4 Å². The number of hydrogen-bond acceptors (Lipinski definition) is 5. The monoisotopic (exact) mass is 334 g/mol. The molecule has 0 radical (unpaired) electrons. The standard InChI is InChI=1S/C19H26O5/c1-5-11-22-14-16(12-17(20)24-19(2,3)4)18(21)23-13-15-9-7-6-8-10-15/h5-10,16H,1,11-14H2,2-4H3/t16-/m0/s1. The van der Waals surface area contributed by atoms with Crippen molar-refractivity contribution in [3.8, 4) is 0 Å². The van der Waals surface area contributed by atoms with Crippen molar-refractivity contribution >= 4 is 11.9 Å². The van der Waals surface area contributed by atoms with Gasteiger partial charge in [0.1, 0.15) is 12.2 Å². The minimum absolute atomic E-state index is 0.0813. The van der Waals surface area contributed by atoms with Gasteiger partial charge in [-0.25, -0.2) is 0 Å². The van der Waals surface area contributed by atoms with Gasteiger partial charge >= 0.3 is 11.9 Å². The summed E-state index contributed by atoms with van der Waals surface area (Å²) in [6, 6.07) is 9.36. The SMILES string of the molecule is C=CCOC[C@H](CC(=O)OC(C)(C)C)C(=O)OCc1ccccc1. The Bertz CT molecular complexity index is 530. The molecule has 132 valence electrons. The van der Waals surface area contributed by atoms with E-state index in [0.29, 0.717) is 6.61 Å². The third-order valence-electron chi connectivity index (χ3n) is 2.95. The Balaban J connectivity index is 2.60. The second-order valence-electron chi connectivity index (χ2n) is 6.41. The van der Waals surface area contributed by atoms with Gasteiger partial charge in [0.2, 0.25) is 0 Å². The zero-order valence-corrected chi connectivity index (χ0v) is 14.6. The van der Waals surface area contributed by atoms with E-state index in [4.69, 9.17) is 14.2 Å². The number of esters is 2. The van der Waals surface area contributed by atoms with Crippen molar-refractivity contribution in [2.75, 3.05) is 13.2 Å². The Morgan fingerprint density at radius 2 is 1.88 bits per heavy atom. The summed E-state index contributed by atoms with van der Waals surface area (Å²) in [4.78, 5) is 24.3. The summed E-state index contributed by atoms with van der Waals surface area (Å²) in [5.74, 6) is -1.64. The van der Waals surface area contributed by atoms with Crippen LogP contribution in [0.4, 0.5) is 0 Å². The average Bonchev–Trinajstić information content (AvgIpc) is 2.51. The molecule has 24 heavy (non-hydrogen) atoms. The molecule has 1 atom stereocenters. The molecule has 0 heterocycles. The second-order valence-corrected chi connectivity index (χ2v) is 6.41. The van der Waals surface area contributed by atoms with Crippen molar-refractivity contribution in [2.45, 2.75) is 39.4 Å². The van der Waals surface area contributed by atoms with Crippen LogP contribution < -0.4 is 0 Å². The highest BCUT2D eigenvalue weighted by atomic mass is 16.6. The predicted octanol–water partition coefficient (Wildman–Crippen LogP) is 3.28. The molecule has 0 spiro atoms. The first-order valence-corrected chi connectivity index (χ1v) is 7.93. The zero-order chi connectivity index (χ0) is 18.0. The van der Waals surface area contributed by atoms with E-state index in [9.17, 15) is 9.59 Å². The van der Waals surface area contributed by atoms with Gasteiger partial charge in [-0.15, -0.1) is 6.58 Å². The van der Waals surface area contributed by atoms with Gasteiger partial charge in [-0.05, 0) is 26.3 Å². The summed E-state index contributed by atoms with van der Waals surface area (Å²) in [6.45, 7) is 9.44. The fourth-order valence-electron chi connectivity index (χ4n) is 1.93. The maximum Gasteiger partial charge on any atom is 0.312 e. The molecule has 1 aromatic rings. The van der Waals surface area contributed by atoms with E-state index in [1.165, 1.54) is 0 Å². The molecule has 5 heteroatoms. The summed E-state index contributed by atoms with van der Waals surface area (Å²) in [5.41, 5.74) is 0.284. The first kappa shape index (κ1) is 19.9. The molecule has 0 N–H and O–H groups in total. The molecule has 0 fully saturated rings. The highest BCUT2D eigenvalue weighted by Crippen LogP contribution is 2.15. The smallest absolute Gasteiger partial charge is 0.312 e. The van der Waals surface area contributed by atoms with E-state index in [2.05, 4.69) is 6.58 Å². The topological polar surface area (TPSA) is 61.8 Å². The molecule has 0 aliphatic carbocycles. The van der Waals surface area contributed by atoms with Gasteiger partial charge in [-0.3, -0.25) is 9.59 Å². The second kappa shape index (κ2) is 9.88. The Labute approximate surface area is 143 Å². The molecule has 0 aliphatic heterocycles. The lowest BCUT2D eigenvalue weighted by Crippen LogP contribution is -2.30. The van der Waals surface area contributed by atoms with E-state index < -0.39 is 23.5 Å². The molecule has 1 aromatic carbocycles. The van der Waals surface area contributed by atoms with Crippen LogP contribution in [0.1, 0.15) is 32.8 Å². The Morgan fingerprint density at radius 3 is 2.46 bits per heavy atom. The molecule has 0 saturated carbocycles. The summed E-state index contributed by atoms with van der Waals surface area (Å²) in [7, 11) is 0. The van der Waals surface area contributed by atoms with Gasteiger partial charge in [-0.1, -0.05) is 36.4 Å². The number of carbonyl (C=O) groups is 2. The maximum absolute atomic E-state index is 12.3. The minimum Gasteiger partial charge on any atom is -0.461 e. The quantitative estimate of drug-likeness (QED) is 0.394. The van der Waals surface area contributed by atoms with Gasteiger partial charge in [-0.2, -0.15) is 0 Å². The van der Waals surface area contributed by atoms with Gasteiger partial charge in [0.15, 0.2) is 0 Å². The molecule has 0 saturated heterocycles. The van der Waals surface area contributed by atoms with Gasteiger partial charge in [0.25, 0.3) is 0 Å². The fourth-order valence-corrected chi connectivity index (χ4v) is 1.93. The van der Waals surface area contributed by atoms with Crippen LogP contribution in [-0.4, -0.2) is 30.8 Å². The molecular formula is C19H26O5. The van der Waals surface area contributed by atoms with Crippen molar-refractivity contribution in [2.24, 2.45) is 5.92 Å². The molecule has 0 aromatic heterocycles. The Morgan fingerprint density at radius 1 is 1.21 bits per heavy atom. The Hall–Kier alpha value is -2.14. The zero-order valence-electron chi connectivity index (χ0n) is 14.6. The first-order valence-electron chi connectivity index (χ1n) is 7.93. The first-order chi connectivity index (χ1) is 11.3. The maximum atomic E-state index is 12.3. The van der Waals surface area contributed by atoms with E-state index in [1.807, 2.05) is 30.3 Å².